The van der Waals surface area contributed by atoms with Gasteiger partial charge in [0.1, 0.15) is 19.0 Å². The van der Waals surface area contributed by atoms with Crippen molar-refractivity contribution in [2.75, 3.05) is 37.1 Å². The van der Waals surface area contributed by atoms with Gasteiger partial charge in [-0.25, -0.2) is 0 Å². The molecule has 9 nitrogen and oxygen atoms in total. The van der Waals surface area contributed by atoms with E-state index in [0.717, 1.165) is 5.56 Å². The molecule has 2 aromatic carbocycles. The van der Waals surface area contributed by atoms with Gasteiger partial charge < -0.3 is 29.2 Å². The van der Waals surface area contributed by atoms with Gasteiger partial charge in [0, 0.05) is 24.7 Å². The average Bonchev–Trinajstić information content (AvgIpc) is 3.20. The average molecular weight is 454 g/mol. The molecular weight excluding hydrogens is 428 g/mol. The largest absolute Gasteiger partial charge is 0.495 e. The maximum atomic E-state index is 12.7. The highest BCUT2D eigenvalue weighted by Gasteiger charge is 2.38. The summed E-state index contributed by atoms with van der Waals surface area (Å²) in [5.74, 6) is -0.250. The minimum Gasteiger partial charge on any atom is -0.495 e. The number of fused-ring (bicyclic) bond motifs is 1. The van der Waals surface area contributed by atoms with Crippen molar-refractivity contribution in [2.45, 2.75) is 26.4 Å². The third kappa shape index (κ3) is 4.87. The van der Waals surface area contributed by atoms with Gasteiger partial charge in [0.05, 0.1) is 18.7 Å². The highest BCUT2D eigenvalue weighted by molar-refractivity contribution is 6.01. The van der Waals surface area contributed by atoms with Gasteiger partial charge >= 0.3 is 5.97 Å². The number of hydrogen-bond donors (Lipinski definition) is 1. The molecule has 2 aromatic rings. The molecule has 0 bridgehead atoms. The number of nitrogens with zero attached hydrogens (tertiary/aromatic N) is 1. The fourth-order valence-corrected chi connectivity index (χ4v) is 3.80. The molecule has 0 saturated carbocycles. The van der Waals surface area contributed by atoms with Gasteiger partial charge in [0.2, 0.25) is 5.91 Å². The van der Waals surface area contributed by atoms with E-state index >= 15 is 0 Å². The lowest BCUT2D eigenvalue weighted by molar-refractivity contribution is -0.157. The zero-order valence-corrected chi connectivity index (χ0v) is 18.8. The molecule has 174 valence electrons. The number of amides is 2. The molecule has 0 radical (unpaired) electrons. The number of rotatable bonds is 6. The van der Waals surface area contributed by atoms with Gasteiger partial charge in [-0.1, -0.05) is 6.07 Å². The normalized spacial score (nSPS) is 18.0. The van der Waals surface area contributed by atoms with Gasteiger partial charge in [0.15, 0.2) is 17.6 Å². The van der Waals surface area contributed by atoms with Crippen molar-refractivity contribution in [3.8, 4) is 17.2 Å². The summed E-state index contributed by atoms with van der Waals surface area (Å²) in [7, 11) is 1.53. The highest BCUT2D eigenvalue weighted by Crippen LogP contribution is 2.35. The van der Waals surface area contributed by atoms with Crippen LogP contribution in [0.5, 0.6) is 17.2 Å². The molecular formula is C24H26N2O7. The highest BCUT2D eigenvalue weighted by atomic mass is 16.6. The number of hydrogen-bond acceptors (Lipinski definition) is 7. The first-order chi connectivity index (χ1) is 15.9. The first-order valence-corrected chi connectivity index (χ1v) is 10.7. The van der Waals surface area contributed by atoms with Crippen molar-refractivity contribution in [1.82, 2.24) is 0 Å². The van der Waals surface area contributed by atoms with E-state index in [0.29, 0.717) is 41.8 Å². The van der Waals surface area contributed by atoms with Crippen LogP contribution in [0.25, 0.3) is 0 Å². The number of carbonyl (C=O) groups is 3. The van der Waals surface area contributed by atoms with Crippen LogP contribution in [0.4, 0.5) is 11.4 Å². The standard InChI is InChI=1S/C24H26N2O7/c1-14-4-6-19(30-3)18(10-14)26-13-16(11-22(26)27)24(29)33-15(2)23(28)25-17-5-7-20-21(12-17)32-9-8-31-20/h4-7,10,12,15-16H,8-9,11,13H2,1-3H3,(H,25,28)/t15-,16+/m1/s1. The fourth-order valence-electron chi connectivity index (χ4n) is 3.80. The van der Waals surface area contributed by atoms with Gasteiger partial charge in [-0.15, -0.1) is 0 Å². The molecule has 2 aliphatic heterocycles. The molecule has 0 aliphatic carbocycles. The Bertz CT molecular complexity index is 1080. The van der Waals surface area contributed by atoms with E-state index in [1.54, 1.807) is 24.3 Å². The number of aryl methyl sites for hydroxylation is 1. The van der Waals surface area contributed by atoms with Crippen LogP contribution in [0.2, 0.25) is 0 Å². The summed E-state index contributed by atoms with van der Waals surface area (Å²) >= 11 is 0. The molecule has 9 heteroatoms. The Morgan fingerprint density at radius 3 is 2.64 bits per heavy atom. The van der Waals surface area contributed by atoms with Crippen molar-refractivity contribution in [3.63, 3.8) is 0 Å². The predicted octanol–water partition coefficient (Wildman–Crippen LogP) is 2.70. The summed E-state index contributed by atoms with van der Waals surface area (Å²) in [5, 5.41) is 2.71. The number of methoxy groups -OCH3 is 1. The Morgan fingerprint density at radius 2 is 1.88 bits per heavy atom. The first-order valence-electron chi connectivity index (χ1n) is 10.7. The Morgan fingerprint density at radius 1 is 1.12 bits per heavy atom. The topological polar surface area (TPSA) is 103 Å². The van der Waals surface area contributed by atoms with E-state index in [4.69, 9.17) is 18.9 Å². The molecule has 0 unspecified atom stereocenters. The van der Waals surface area contributed by atoms with Crippen LogP contribution in [0.1, 0.15) is 18.9 Å². The maximum absolute atomic E-state index is 12.7. The van der Waals surface area contributed by atoms with Crippen LogP contribution in [-0.4, -0.2) is 50.8 Å². The Hall–Kier alpha value is -3.75. The molecule has 1 fully saturated rings. The second-order valence-electron chi connectivity index (χ2n) is 8.01. The quantitative estimate of drug-likeness (QED) is 0.670. The van der Waals surface area contributed by atoms with Crippen LogP contribution in [0, 0.1) is 12.8 Å². The summed E-state index contributed by atoms with van der Waals surface area (Å²) in [6.07, 6.45) is -1.03. The summed E-state index contributed by atoms with van der Waals surface area (Å²) < 4.78 is 21.7. The Balaban J connectivity index is 1.36. The number of benzene rings is 2. The SMILES string of the molecule is COc1ccc(C)cc1N1C[C@@H](C(=O)O[C@H](C)C(=O)Nc2ccc3c(c2)OCCO3)CC1=O. The predicted molar refractivity (Wildman–Crippen MR) is 120 cm³/mol. The summed E-state index contributed by atoms with van der Waals surface area (Å²) in [6.45, 7) is 4.47. The van der Waals surface area contributed by atoms with Crippen molar-refractivity contribution in [2.24, 2.45) is 5.92 Å². The molecule has 0 spiro atoms. The van der Waals surface area contributed by atoms with Crippen molar-refractivity contribution >= 4 is 29.2 Å². The minimum absolute atomic E-state index is 0.00638. The third-order valence-electron chi connectivity index (χ3n) is 5.56. The summed E-state index contributed by atoms with van der Waals surface area (Å²) in [4.78, 5) is 39.4. The molecule has 2 atom stereocenters. The lowest BCUT2D eigenvalue weighted by Gasteiger charge is -2.21. The lowest BCUT2D eigenvalue weighted by Crippen LogP contribution is -2.33. The zero-order chi connectivity index (χ0) is 23.5. The lowest BCUT2D eigenvalue weighted by atomic mass is 10.1. The minimum atomic E-state index is -1.04. The molecule has 2 amide bonds. The van der Waals surface area contributed by atoms with E-state index in [-0.39, 0.29) is 18.9 Å². The monoisotopic (exact) mass is 454 g/mol. The third-order valence-corrected chi connectivity index (χ3v) is 5.56. The number of ether oxygens (including phenoxy) is 4. The van der Waals surface area contributed by atoms with E-state index in [1.807, 2.05) is 19.1 Å². The van der Waals surface area contributed by atoms with Crippen molar-refractivity contribution in [3.05, 3.63) is 42.0 Å². The molecule has 0 aromatic heterocycles. The second kappa shape index (κ2) is 9.40. The zero-order valence-electron chi connectivity index (χ0n) is 18.8. The van der Waals surface area contributed by atoms with E-state index < -0.39 is 23.9 Å². The van der Waals surface area contributed by atoms with E-state index in [2.05, 4.69) is 5.32 Å². The van der Waals surface area contributed by atoms with Crippen LogP contribution < -0.4 is 24.4 Å². The Kier molecular flexibility index (Phi) is 6.39. The van der Waals surface area contributed by atoms with Gasteiger partial charge in [-0.05, 0) is 43.7 Å². The van der Waals surface area contributed by atoms with Crippen LogP contribution in [-0.2, 0) is 19.1 Å². The van der Waals surface area contributed by atoms with Crippen molar-refractivity contribution in [1.29, 1.82) is 0 Å². The Labute approximate surface area is 191 Å². The molecule has 2 aliphatic rings. The van der Waals surface area contributed by atoms with E-state index in [9.17, 15) is 14.4 Å². The van der Waals surface area contributed by atoms with E-state index in [1.165, 1.54) is 18.9 Å². The fraction of sp³-hybridized carbons (Fsp3) is 0.375. The first kappa shape index (κ1) is 22.4. The molecule has 1 N–H and O–H groups in total. The van der Waals surface area contributed by atoms with Gasteiger partial charge in [-0.2, -0.15) is 0 Å². The molecule has 1 saturated heterocycles. The summed E-state index contributed by atoms with van der Waals surface area (Å²) in [5.41, 5.74) is 2.08. The molecule has 2 heterocycles. The van der Waals surface area contributed by atoms with Crippen LogP contribution in [0.3, 0.4) is 0 Å². The molecule has 33 heavy (non-hydrogen) atoms. The number of nitrogens with one attached hydrogen (secondary N) is 1. The van der Waals surface area contributed by atoms with Gasteiger partial charge in [-0.3, -0.25) is 14.4 Å². The van der Waals surface area contributed by atoms with Crippen LogP contribution >= 0.6 is 0 Å². The smallest absolute Gasteiger partial charge is 0.312 e. The number of esters is 1. The van der Waals surface area contributed by atoms with Gasteiger partial charge in [0.25, 0.3) is 5.91 Å². The molecule has 4 rings (SSSR count). The van der Waals surface area contributed by atoms with Crippen LogP contribution in [0.15, 0.2) is 36.4 Å². The second-order valence-corrected chi connectivity index (χ2v) is 8.01. The number of carbonyl (C=O) groups excluding carboxylic acids is 3. The maximum Gasteiger partial charge on any atom is 0.312 e. The van der Waals surface area contributed by atoms with Crippen molar-refractivity contribution < 1.29 is 33.3 Å². The summed E-state index contributed by atoms with van der Waals surface area (Å²) in [6, 6.07) is 10.6. The number of anilines is 2.